The Balaban J connectivity index is 1.55. The number of thiophene rings is 1. The fraction of sp³-hybridized carbons (Fsp3) is 0. The summed E-state index contributed by atoms with van der Waals surface area (Å²) in [5, 5.41) is 19.0. The van der Waals surface area contributed by atoms with Gasteiger partial charge in [0.25, 0.3) is 10.0 Å². The van der Waals surface area contributed by atoms with Crippen LogP contribution in [-0.4, -0.2) is 14.3 Å². The van der Waals surface area contributed by atoms with E-state index in [9.17, 15) is 13.5 Å². The van der Waals surface area contributed by atoms with Crippen LogP contribution in [0.3, 0.4) is 0 Å². The van der Waals surface area contributed by atoms with Crippen LogP contribution in [0.25, 0.3) is 16.7 Å². The van der Waals surface area contributed by atoms with E-state index in [1.54, 1.807) is 29.6 Å². The Labute approximate surface area is 177 Å². The van der Waals surface area contributed by atoms with Gasteiger partial charge in [-0.05, 0) is 29.6 Å². The van der Waals surface area contributed by atoms with Crippen LogP contribution in [0, 0.1) is 0 Å². The van der Waals surface area contributed by atoms with Gasteiger partial charge in [0.1, 0.15) is 9.79 Å². The second-order valence-corrected chi connectivity index (χ2v) is 9.10. The minimum atomic E-state index is -3.79. The summed E-state index contributed by atoms with van der Waals surface area (Å²) in [4.78, 5) is 0. The molecule has 0 fully saturated rings. The third-order valence-corrected chi connectivity index (χ3v) is 6.94. The summed E-state index contributed by atoms with van der Waals surface area (Å²) in [5.74, 6) is -0.212. The molecule has 152 valence electrons. The van der Waals surface area contributed by atoms with Crippen molar-refractivity contribution in [3.63, 3.8) is 0 Å². The van der Waals surface area contributed by atoms with E-state index in [0.29, 0.717) is 17.0 Å². The quantitative estimate of drug-likeness (QED) is 0.261. The van der Waals surface area contributed by atoms with E-state index >= 15 is 0 Å². The molecule has 7 nitrogen and oxygen atoms in total. The van der Waals surface area contributed by atoms with E-state index in [0.717, 1.165) is 16.7 Å². The lowest BCUT2D eigenvalue weighted by Crippen LogP contribution is -2.24. The molecule has 0 unspecified atom stereocenters. The molecule has 0 saturated carbocycles. The first kappa shape index (κ1) is 19.7. The molecule has 0 spiro atoms. The van der Waals surface area contributed by atoms with Crippen molar-refractivity contribution in [2.75, 3.05) is 4.72 Å². The van der Waals surface area contributed by atoms with Gasteiger partial charge in [-0.3, -0.25) is 10.1 Å². The van der Waals surface area contributed by atoms with Crippen molar-refractivity contribution >= 4 is 49.6 Å². The molecule has 0 aliphatic carbocycles. The number of hydrogen-bond donors (Lipinski definition) is 2. The molecular weight excluding hydrogens is 422 g/mol. The van der Waals surface area contributed by atoms with Crippen LogP contribution in [-0.2, 0) is 10.0 Å². The van der Waals surface area contributed by atoms with Crippen molar-refractivity contribution in [1.29, 1.82) is 0 Å². The van der Waals surface area contributed by atoms with Crippen LogP contribution in [0.15, 0.2) is 92.4 Å². The monoisotopic (exact) mass is 438 g/mol. The zero-order valence-corrected chi connectivity index (χ0v) is 17.2. The summed E-state index contributed by atoms with van der Waals surface area (Å²) >= 11 is 1.08. The van der Waals surface area contributed by atoms with Gasteiger partial charge >= 0.3 is 0 Å². The summed E-state index contributed by atoms with van der Waals surface area (Å²) in [6, 6.07) is 18.6. The number of benzene rings is 2. The number of para-hydroxylation sites is 2. The van der Waals surface area contributed by atoms with Crippen molar-refractivity contribution in [3.8, 4) is 0 Å². The topological polar surface area (TPSA) is 107 Å². The highest BCUT2D eigenvalue weighted by molar-refractivity contribution is 7.94. The van der Waals surface area contributed by atoms with Gasteiger partial charge in [0.15, 0.2) is 5.76 Å². The number of fused-ring (bicyclic) bond motifs is 1. The maximum absolute atomic E-state index is 12.6. The van der Waals surface area contributed by atoms with E-state index in [2.05, 4.69) is 21.8 Å². The molecule has 2 heterocycles. The van der Waals surface area contributed by atoms with E-state index in [-0.39, 0.29) is 15.5 Å². The van der Waals surface area contributed by atoms with Crippen LogP contribution >= 0.6 is 11.3 Å². The Bertz CT molecular complexity index is 1310. The minimum Gasteiger partial charge on any atom is -0.857 e. The van der Waals surface area contributed by atoms with Gasteiger partial charge in [-0.25, -0.2) is 8.42 Å². The standard InChI is InChI=1S/C21H17N3O4S2/c1-14(19-13-15-7-2-5-10-18(15)28-19)22-23-21(25)16-8-3-4-9-17(16)24-30(26,27)20-11-6-12-29-20/h2-13,22,24H,1H2,(H,23,25)/p-1. The molecule has 0 aliphatic heterocycles. The average Bonchev–Trinajstić information content (AvgIpc) is 3.42. The lowest BCUT2D eigenvalue weighted by molar-refractivity contribution is -0.213. The van der Waals surface area contributed by atoms with Gasteiger partial charge in [0.2, 0.25) is 0 Å². The van der Waals surface area contributed by atoms with E-state index in [1.165, 1.54) is 18.2 Å². The molecule has 2 N–H and O–H groups in total. The van der Waals surface area contributed by atoms with Crippen LogP contribution < -0.4 is 15.3 Å². The Morgan fingerprint density at radius 1 is 1.07 bits per heavy atom. The first-order valence-electron chi connectivity index (χ1n) is 8.78. The highest BCUT2D eigenvalue weighted by Gasteiger charge is 2.17. The number of nitrogens with zero attached hydrogens (tertiary/aromatic N) is 1. The summed E-state index contributed by atoms with van der Waals surface area (Å²) in [6.45, 7) is 3.84. The lowest BCUT2D eigenvalue weighted by Gasteiger charge is -2.16. The van der Waals surface area contributed by atoms with Crippen molar-refractivity contribution < 1.29 is 17.9 Å². The second-order valence-electron chi connectivity index (χ2n) is 6.24. The summed E-state index contributed by atoms with van der Waals surface area (Å²) in [6.07, 6.45) is 0. The van der Waals surface area contributed by atoms with Gasteiger partial charge in [-0.1, -0.05) is 49.0 Å². The molecular formula is C21H16N3O4S2-. The largest absolute Gasteiger partial charge is 0.857 e. The summed E-state index contributed by atoms with van der Waals surface area (Å²) in [5.41, 5.74) is 3.81. The van der Waals surface area contributed by atoms with E-state index < -0.39 is 15.9 Å². The molecule has 4 rings (SSSR count). The Morgan fingerprint density at radius 2 is 1.83 bits per heavy atom. The zero-order chi connectivity index (χ0) is 21.1. The van der Waals surface area contributed by atoms with Crippen molar-refractivity contribution in [2.45, 2.75) is 4.21 Å². The van der Waals surface area contributed by atoms with Gasteiger partial charge in [-0.15, -0.1) is 11.3 Å². The number of hydrazone groups is 1. The number of sulfonamides is 1. The summed E-state index contributed by atoms with van der Waals surface area (Å²) in [7, 11) is -3.79. The van der Waals surface area contributed by atoms with E-state index in [4.69, 9.17) is 4.42 Å². The van der Waals surface area contributed by atoms with Crippen molar-refractivity contribution in [3.05, 3.63) is 90.0 Å². The number of hydrogen-bond acceptors (Lipinski definition) is 7. The molecule has 0 atom stereocenters. The van der Waals surface area contributed by atoms with Gasteiger partial charge in [0, 0.05) is 16.8 Å². The van der Waals surface area contributed by atoms with Crippen LogP contribution in [0.2, 0.25) is 0 Å². The number of nitrogens with one attached hydrogen (secondary N) is 2. The smallest absolute Gasteiger partial charge is 0.271 e. The molecule has 30 heavy (non-hydrogen) atoms. The molecule has 2 aromatic heterocycles. The highest BCUT2D eigenvalue weighted by Crippen LogP contribution is 2.24. The normalized spacial score (nSPS) is 12.1. The molecule has 2 aromatic carbocycles. The lowest BCUT2D eigenvalue weighted by atomic mass is 10.2. The predicted octanol–water partition coefficient (Wildman–Crippen LogP) is 3.58. The zero-order valence-electron chi connectivity index (χ0n) is 15.5. The molecule has 9 heteroatoms. The Hall–Kier alpha value is -3.56. The Morgan fingerprint density at radius 3 is 2.60 bits per heavy atom. The van der Waals surface area contributed by atoms with Crippen LogP contribution in [0.4, 0.5) is 5.69 Å². The number of rotatable bonds is 7. The fourth-order valence-electron chi connectivity index (χ4n) is 2.73. The molecule has 4 aromatic rings. The van der Waals surface area contributed by atoms with Crippen molar-refractivity contribution in [1.82, 2.24) is 5.43 Å². The molecule has 0 amide bonds. The number of furan rings is 1. The first-order valence-corrected chi connectivity index (χ1v) is 11.1. The number of anilines is 1. The average molecular weight is 439 g/mol. The minimum absolute atomic E-state index is 0.0996. The second kappa shape index (κ2) is 8.05. The predicted molar refractivity (Wildman–Crippen MR) is 116 cm³/mol. The molecule has 0 aliphatic rings. The van der Waals surface area contributed by atoms with Gasteiger partial charge in [0.05, 0.1) is 11.4 Å². The molecule has 0 saturated heterocycles. The van der Waals surface area contributed by atoms with Crippen LogP contribution in [0.5, 0.6) is 0 Å². The fourth-order valence-corrected chi connectivity index (χ4v) is 4.81. The molecule has 0 bridgehead atoms. The highest BCUT2D eigenvalue weighted by atomic mass is 32.2. The van der Waals surface area contributed by atoms with Gasteiger partial charge in [-0.2, -0.15) is 5.10 Å². The van der Waals surface area contributed by atoms with E-state index in [1.807, 2.05) is 24.3 Å². The SMILES string of the molecule is C=C(NN=C([O-])c1ccccc1NS(=O)(=O)c1cccs1)c1cc2ccccc2o1. The van der Waals surface area contributed by atoms with Crippen molar-refractivity contribution in [2.24, 2.45) is 5.10 Å². The maximum Gasteiger partial charge on any atom is 0.271 e. The summed E-state index contributed by atoms with van der Waals surface area (Å²) < 4.78 is 33.2. The van der Waals surface area contributed by atoms with Gasteiger partial charge < -0.3 is 9.52 Å². The third kappa shape index (κ3) is 4.07. The first-order chi connectivity index (χ1) is 14.4. The maximum atomic E-state index is 12.6. The van der Waals surface area contributed by atoms with Crippen LogP contribution in [0.1, 0.15) is 11.3 Å². The molecule has 0 radical (unpaired) electrons. The Kier molecular flexibility index (Phi) is 5.30. The third-order valence-electron chi connectivity index (χ3n) is 4.18.